The molecule has 1 heterocycles. The Morgan fingerprint density at radius 1 is 1.05 bits per heavy atom. The van der Waals surface area contributed by atoms with E-state index in [-0.39, 0.29) is 0 Å². The fourth-order valence-corrected chi connectivity index (χ4v) is 4.49. The Balaban J connectivity index is 1.99. The molecule has 2 fully saturated rings. The minimum Gasteiger partial charge on any atom is -0.245 e. The van der Waals surface area contributed by atoms with Crippen LogP contribution in [0.1, 0.15) is 80.4 Å². The summed E-state index contributed by atoms with van der Waals surface area (Å²) >= 11 is 0. The van der Waals surface area contributed by atoms with Crippen molar-refractivity contribution in [3.8, 4) is 0 Å². The standard InChI is InChI=1S/C16H27N2P/c1-12-17-15(13-6-2-3-7-13)16(18(12)10-11-19)14-8-4-5-9-14/h13-14H,2-11,19H2,1H3/p+1. The SMILES string of the molecule is Cc1[nH]c(C2CCCC2)c(C2CCCC2)[n+]1CCP. The highest BCUT2D eigenvalue weighted by atomic mass is 31.0. The summed E-state index contributed by atoms with van der Waals surface area (Å²) in [5, 5.41) is 0. The summed E-state index contributed by atoms with van der Waals surface area (Å²) in [6.07, 6.45) is 12.5. The van der Waals surface area contributed by atoms with E-state index in [9.17, 15) is 0 Å². The molecule has 3 rings (SSSR count). The maximum Gasteiger partial charge on any atom is 0.251 e. The van der Waals surface area contributed by atoms with Crippen LogP contribution in [0.2, 0.25) is 0 Å². The quantitative estimate of drug-likeness (QED) is 0.639. The molecular weight excluding hydrogens is 251 g/mol. The first-order valence-corrected chi connectivity index (χ1v) is 8.95. The molecule has 106 valence electrons. The number of imidazole rings is 1. The van der Waals surface area contributed by atoms with Crippen LogP contribution in [-0.2, 0) is 6.54 Å². The third-order valence-corrected chi connectivity index (χ3v) is 5.40. The molecule has 0 aromatic carbocycles. The molecule has 1 aromatic rings. The number of hydrogen-bond acceptors (Lipinski definition) is 0. The second kappa shape index (κ2) is 5.95. The van der Waals surface area contributed by atoms with Crippen molar-refractivity contribution in [2.45, 2.75) is 76.7 Å². The van der Waals surface area contributed by atoms with Gasteiger partial charge in [-0.05, 0) is 25.7 Å². The number of aromatic nitrogens is 2. The lowest BCUT2D eigenvalue weighted by Crippen LogP contribution is -2.41. The Morgan fingerprint density at radius 2 is 1.63 bits per heavy atom. The lowest BCUT2D eigenvalue weighted by molar-refractivity contribution is -0.705. The van der Waals surface area contributed by atoms with Gasteiger partial charge in [0.05, 0.1) is 6.54 Å². The summed E-state index contributed by atoms with van der Waals surface area (Å²) in [5.74, 6) is 3.03. The van der Waals surface area contributed by atoms with Crippen LogP contribution >= 0.6 is 9.24 Å². The number of hydrogen-bond donors (Lipinski definition) is 1. The van der Waals surface area contributed by atoms with Gasteiger partial charge >= 0.3 is 0 Å². The highest BCUT2D eigenvalue weighted by Crippen LogP contribution is 2.40. The van der Waals surface area contributed by atoms with Gasteiger partial charge in [-0.25, -0.2) is 9.55 Å². The Labute approximate surface area is 119 Å². The minimum absolute atomic E-state index is 0.819. The maximum atomic E-state index is 3.77. The van der Waals surface area contributed by atoms with Crippen LogP contribution in [0.3, 0.4) is 0 Å². The van der Waals surface area contributed by atoms with Gasteiger partial charge in [0.15, 0.2) is 0 Å². The first kappa shape index (κ1) is 13.6. The zero-order valence-electron chi connectivity index (χ0n) is 12.3. The van der Waals surface area contributed by atoms with E-state index in [1.165, 1.54) is 57.2 Å². The Morgan fingerprint density at radius 3 is 2.21 bits per heavy atom. The summed E-state index contributed by atoms with van der Waals surface area (Å²) in [6, 6.07) is 0. The van der Waals surface area contributed by atoms with Gasteiger partial charge in [0.2, 0.25) is 0 Å². The van der Waals surface area contributed by atoms with E-state index < -0.39 is 0 Å². The van der Waals surface area contributed by atoms with Crippen LogP contribution < -0.4 is 4.57 Å². The largest absolute Gasteiger partial charge is 0.251 e. The first-order valence-electron chi connectivity index (χ1n) is 8.13. The number of rotatable bonds is 4. The molecule has 1 unspecified atom stereocenters. The number of aryl methyl sites for hydroxylation is 1. The normalized spacial score (nSPS) is 21.6. The van der Waals surface area contributed by atoms with Crippen LogP contribution in [0.25, 0.3) is 0 Å². The molecule has 2 aliphatic carbocycles. The van der Waals surface area contributed by atoms with Crippen molar-refractivity contribution in [3.05, 3.63) is 17.2 Å². The average molecular weight is 279 g/mol. The van der Waals surface area contributed by atoms with Crippen LogP contribution in [0.4, 0.5) is 0 Å². The lowest BCUT2D eigenvalue weighted by atomic mass is 9.94. The predicted octanol–water partition coefficient (Wildman–Crippen LogP) is 3.80. The van der Waals surface area contributed by atoms with E-state index in [0.717, 1.165) is 24.5 Å². The van der Waals surface area contributed by atoms with E-state index in [4.69, 9.17) is 0 Å². The van der Waals surface area contributed by atoms with Crippen LogP contribution in [0.5, 0.6) is 0 Å². The molecule has 2 saturated carbocycles. The van der Waals surface area contributed by atoms with Crippen molar-refractivity contribution in [1.82, 2.24) is 4.98 Å². The van der Waals surface area contributed by atoms with Crippen LogP contribution in [-0.4, -0.2) is 11.1 Å². The van der Waals surface area contributed by atoms with Gasteiger partial charge in [-0.2, -0.15) is 0 Å². The van der Waals surface area contributed by atoms with E-state index in [1.807, 2.05) is 0 Å². The van der Waals surface area contributed by atoms with Crippen LogP contribution in [0.15, 0.2) is 0 Å². The molecule has 1 aromatic heterocycles. The van der Waals surface area contributed by atoms with E-state index >= 15 is 0 Å². The van der Waals surface area contributed by atoms with E-state index in [1.54, 1.807) is 11.4 Å². The molecule has 0 amide bonds. The molecule has 0 radical (unpaired) electrons. The molecule has 2 nitrogen and oxygen atoms in total. The van der Waals surface area contributed by atoms with Crippen molar-refractivity contribution >= 4 is 9.24 Å². The van der Waals surface area contributed by atoms with Crippen molar-refractivity contribution < 1.29 is 4.57 Å². The zero-order chi connectivity index (χ0) is 13.2. The summed E-state index contributed by atoms with van der Waals surface area (Å²) < 4.78 is 2.59. The van der Waals surface area contributed by atoms with Gasteiger partial charge in [0.1, 0.15) is 11.4 Å². The first-order chi connectivity index (χ1) is 9.31. The summed E-state index contributed by atoms with van der Waals surface area (Å²) in [4.78, 5) is 3.77. The second-order valence-corrected chi connectivity index (χ2v) is 6.99. The molecule has 1 N–H and O–H groups in total. The van der Waals surface area contributed by atoms with Crippen molar-refractivity contribution in [2.75, 3.05) is 6.16 Å². The molecule has 2 aliphatic rings. The van der Waals surface area contributed by atoms with Gasteiger partial charge in [-0.15, -0.1) is 9.24 Å². The molecule has 0 aliphatic heterocycles. The monoisotopic (exact) mass is 279 g/mol. The van der Waals surface area contributed by atoms with E-state index in [0.29, 0.717) is 0 Å². The maximum absolute atomic E-state index is 3.77. The van der Waals surface area contributed by atoms with Crippen molar-refractivity contribution in [1.29, 1.82) is 0 Å². The Kier molecular flexibility index (Phi) is 4.27. The highest BCUT2D eigenvalue weighted by Gasteiger charge is 2.35. The summed E-state index contributed by atoms with van der Waals surface area (Å²) in [6.45, 7) is 3.42. The van der Waals surface area contributed by atoms with Crippen LogP contribution in [0, 0.1) is 6.92 Å². The van der Waals surface area contributed by atoms with Gasteiger partial charge in [-0.1, -0.05) is 25.7 Å². The smallest absolute Gasteiger partial charge is 0.245 e. The molecule has 0 saturated heterocycles. The summed E-state index contributed by atoms with van der Waals surface area (Å²) in [7, 11) is 2.89. The molecule has 3 heteroatoms. The van der Waals surface area contributed by atoms with E-state index in [2.05, 4.69) is 25.7 Å². The second-order valence-electron chi connectivity index (χ2n) is 6.41. The number of aromatic amines is 1. The topological polar surface area (TPSA) is 19.7 Å². The minimum atomic E-state index is 0.819. The Hall–Kier alpha value is -0.360. The number of H-pyrrole nitrogens is 1. The fourth-order valence-electron chi connectivity index (χ4n) is 4.23. The summed E-state index contributed by atoms with van der Waals surface area (Å²) in [5.41, 5.74) is 3.30. The fraction of sp³-hybridized carbons (Fsp3) is 0.812. The van der Waals surface area contributed by atoms with Gasteiger partial charge in [0, 0.05) is 24.9 Å². The molecule has 1 atom stereocenters. The number of nitrogens with one attached hydrogen (secondary N) is 1. The average Bonchev–Trinajstić information content (AvgIpc) is 3.10. The third kappa shape index (κ3) is 2.61. The third-order valence-electron chi connectivity index (χ3n) is 5.15. The molecular formula is C16H28N2P+. The zero-order valence-corrected chi connectivity index (χ0v) is 13.4. The highest BCUT2D eigenvalue weighted by molar-refractivity contribution is 7.16. The number of nitrogens with zero attached hydrogens (tertiary/aromatic N) is 1. The Bertz CT molecular complexity index is 426. The lowest BCUT2D eigenvalue weighted by Gasteiger charge is -2.13. The van der Waals surface area contributed by atoms with Gasteiger partial charge < -0.3 is 0 Å². The van der Waals surface area contributed by atoms with Gasteiger partial charge in [-0.3, -0.25) is 0 Å². The molecule has 0 bridgehead atoms. The van der Waals surface area contributed by atoms with Crippen molar-refractivity contribution in [3.63, 3.8) is 0 Å². The molecule has 0 spiro atoms. The van der Waals surface area contributed by atoms with Crippen molar-refractivity contribution in [2.24, 2.45) is 0 Å². The van der Waals surface area contributed by atoms with Gasteiger partial charge in [0.25, 0.3) is 5.82 Å². The molecule has 19 heavy (non-hydrogen) atoms. The predicted molar refractivity (Wildman–Crippen MR) is 82.7 cm³/mol.